The predicted octanol–water partition coefficient (Wildman–Crippen LogP) is 18.4. The summed E-state index contributed by atoms with van der Waals surface area (Å²) in [5.41, 5.74) is 4.90. The van der Waals surface area contributed by atoms with Crippen molar-refractivity contribution < 1.29 is 47.4 Å². The molecular formula is C69H33F6N5Pt. The van der Waals surface area contributed by atoms with Crippen LogP contribution in [-0.4, -0.2) is 15.0 Å². The van der Waals surface area contributed by atoms with Crippen LogP contribution in [0.15, 0.2) is 200 Å². The quantitative estimate of drug-likeness (QED) is 0.165. The van der Waals surface area contributed by atoms with Gasteiger partial charge in [0.15, 0.2) is 0 Å². The van der Waals surface area contributed by atoms with Gasteiger partial charge < -0.3 is 15.0 Å². The Labute approximate surface area is 470 Å². The van der Waals surface area contributed by atoms with Crippen LogP contribution >= 0.6 is 0 Å². The second-order valence-electron chi connectivity index (χ2n) is 20.4. The van der Waals surface area contributed by atoms with Gasteiger partial charge in [-0.3, -0.25) is 4.98 Å². The van der Waals surface area contributed by atoms with Crippen molar-refractivity contribution in [3.05, 3.63) is 235 Å². The molecule has 8 bridgehead atoms. The Morgan fingerprint density at radius 1 is 0.272 bits per heavy atom. The molecule has 0 spiro atoms. The molecule has 0 amide bonds. The van der Waals surface area contributed by atoms with Crippen molar-refractivity contribution in [1.82, 2.24) is 24.9 Å². The van der Waals surface area contributed by atoms with Crippen molar-refractivity contribution >= 4 is 86.8 Å². The average molecular weight is 1240 g/mol. The van der Waals surface area contributed by atoms with Gasteiger partial charge in [0, 0.05) is 46.0 Å². The van der Waals surface area contributed by atoms with Crippen LogP contribution in [0.1, 0.15) is 0 Å². The smallest absolute Gasteiger partial charge is 0.656 e. The normalized spacial score (nSPS) is 12.0. The Balaban J connectivity index is 0.00000564. The molecule has 12 heteroatoms. The van der Waals surface area contributed by atoms with E-state index in [9.17, 15) is 0 Å². The van der Waals surface area contributed by atoms with Crippen molar-refractivity contribution in [2.45, 2.75) is 0 Å². The minimum Gasteiger partial charge on any atom is -0.656 e. The van der Waals surface area contributed by atoms with E-state index in [-0.39, 0.29) is 99.5 Å². The monoisotopic (exact) mass is 1240 g/mol. The minimum atomic E-state index is -0.879. The molecule has 0 unspecified atom stereocenters. The second kappa shape index (κ2) is 18.2. The molecule has 16 rings (SSSR count). The average Bonchev–Trinajstić information content (AvgIpc) is 3.95. The summed E-state index contributed by atoms with van der Waals surface area (Å²) in [7, 11) is 0. The van der Waals surface area contributed by atoms with Crippen molar-refractivity contribution in [3.8, 4) is 78.5 Å². The first-order valence-corrected chi connectivity index (χ1v) is 25.7. The molecule has 5 heterocycles. The van der Waals surface area contributed by atoms with E-state index in [1.807, 2.05) is 146 Å². The van der Waals surface area contributed by atoms with Gasteiger partial charge in [-0.05, 0) is 189 Å². The summed E-state index contributed by atoms with van der Waals surface area (Å²) in [5.74, 6) is -4.93. The number of nitrogens with zero attached hydrogens (tertiary/aromatic N) is 5. The molecule has 0 saturated heterocycles. The molecule has 386 valence electrons. The zero-order chi connectivity index (χ0) is 53.7. The standard InChI is InChI=1S/C69H33F6N5.Pt/c70-45-17-42(18-46(71)31-45)59-62-51-23-34-9-1-3-11-36(34)25-53(51)64(76-62)60(43-19-47(72)32-48(73)20-43)66-55-27-38-13-5-7-15-40(38)29-57(55)68(78-66)80-69-58-30-41-16-8-6-14-39(41)28-56(58)67(79-69)61(44-21-49(74)33-50(75)22-44)65-54-26-37-12-4-2-10-35(37)24-52(54)63(59)77-65;/h1-33H;/q-2;+2. The third-order valence-electron chi connectivity index (χ3n) is 15.5. The molecule has 0 radical (unpaired) electrons. The van der Waals surface area contributed by atoms with Crippen LogP contribution in [-0.2, 0) is 21.1 Å². The summed E-state index contributed by atoms with van der Waals surface area (Å²) < 4.78 is 96.6. The van der Waals surface area contributed by atoms with Gasteiger partial charge in [0.05, 0.1) is 22.9 Å². The van der Waals surface area contributed by atoms with Gasteiger partial charge in [-0.15, -0.1) is 11.0 Å². The Hall–Kier alpha value is -9.70. The number of rotatable bonds is 3. The fraction of sp³-hybridized carbons (Fsp3) is 0. The van der Waals surface area contributed by atoms with E-state index < -0.39 is 34.9 Å². The number of fused-ring (bicyclic) bond motifs is 24. The fourth-order valence-corrected chi connectivity index (χ4v) is 12.1. The summed E-state index contributed by atoms with van der Waals surface area (Å²) in [6.45, 7) is 0. The van der Waals surface area contributed by atoms with Crippen LogP contribution < -0.4 is 9.97 Å². The Kier molecular flexibility index (Phi) is 10.9. The van der Waals surface area contributed by atoms with E-state index in [2.05, 4.69) is 0 Å². The van der Waals surface area contributed by atoms with Crippen LogP contribution in [0.2, 0.25) is 0 Å². The summed E-state index contributed by atoms with van der Waals surface area (Å²) in [5, 5.41) is 8.81. The van der Waals surface area contributed by atoms with Gasteiger partial charge in [-0.2, -0.15) is 0 Å². The molecule has 2 aliphatic rings. The second-order valence-corrected chi connectivity index (χ2v) is 20.4. The summed E-state index contributed by atoms with van der Waals surface area (Å²) >= 11 is 0. The Morgan fingerprint density at radius 2 is 0.556 bits per heavy atom. The SMILES string of the molecule is Fc1cc(F)cc(-c2c3nc(c(-c4cc(F)cc(F)c4)c4[n-]c(c(-c5cc(F)cc(F)c5)c5nc(nc6[n-]c2c2cc7ccccc7cc62)-c2cc6ccccc6cc2-5)c2cc5ccccc5cc42)-c2cc4ccccc4cc2-3)c1.[Pt+2]. The molecule has 3 aromatic heterocycles. The molecular weight excluding hydrogens is 1210 g/mol. The topological polar surface area (TPSA) is 66.9 Å². The van der Waals surface area contributed by atoms with Gasteiger partial charge in [0.1, 0.15) is 34.9 Å². The summed E-state index contributed by atoms with van der Waals surface area (Å²) in [4.78, 5) is 27.3. The van der Waals surface area contributed by atoms with E-state index in [0.29, 0.717) is 43.8 Å². The van der Waals surface area contributed by atoms with Crippen molar-refractivity contribution in [3.63, 3.8) is 0 Å². The minimum absolute atomic E-state index is 0. The maximum absolute atomic E-state index is 16.2. The van der Waals surface area contributed by atoms with Crippen LogP contribution in [0.3, 0.4) is 0 Å². The first-order chi connectivity index (χ1) is 39.0. The maximum Gasteiger partial charge on any atom is 2.00 e. The van der Waals surface area contributed by atoms with Gasteiger partial charge in [-0.25, -0.2) is 31.3 Å². The van der Waals surface area contributed by atoms with Crippen LogP contribution in [0, 0.1) is 34.9 Å². The first kappa shape index (κ1) is 48.4. The van der Waals surface area contributed by atoms with E-state index in [1.165, 1.54) is 36.4 Å². The van der Waals surface area contributed by atoms with E-state index in [1.54, 1.807) is 0 Å². The zero-order valence-electron chi connectivity index (χ0n) is 41.9. The third-order valence-corrected chi connectivity index (χ3v) is 15.5. The number of hydrogen-bond acceptors (Lipinski definition) is 3. The van der Waals surface area contributed by atoms with Crippen molar-refractivity contribution in [2.24, 2.45) is 0 Å². The molecule has 0 aliphatic carbocycles. The largest absolute Gasteiger partial charge is 2.00 e. The van der Waals surface area contributed by atoms with Gasteiger partial charge in [-0.1, -0.05) is 97.1 Å². The van der Waals surface area contributed by atoms with E-state index in [0.717, 1.165) is 61.3 Å². The fourth-order valence-electron chi connectivity index (χ4n) is 12.1. The van der Waals surface area contributed by atoms with Gasteiger partial charge in [0.25, 0.3) is 0 Å². The molecule has 2 aliphatic heterocycles. The number of hydrogen-bond donors (Lipinski definition) is 0. The van der Waals surface area contributed by atoms with Crippen LogP contribution in [0.5, 0.6) is 0 Å². The third kappa shape index (κ3) is 7.71. The summed E-state index contributed by atoms with van der Waals surface area (Å²) in [6.07, 6.45) is 0. The van der Waals surface area contributed by atoms with Crippen molar-refractivity contribution in [1.29, 1.82) is 0 Å². The Morgan fingerprint density at radius 3 is 0.926 bits per heavy atom. The van der Waals surface area contributed by atoms with Crippen LogP contribution in [0.25, 0.3) is 165 Å². The molecule has 0 N–H and O–H groups in total. The van der Waals surface area contributed by atoms with E-state index in [4.69, 9.17) is 24.9 Å². The van der Waals surface area contributed by atoms with Crippen LogP contribution in [0.4, 0.5) is 26.3 Å². The molecule has 0 saturated carbocycles. The molecule has 14 aromatic rings. The van der Waals surface area contributed by atoms with E-state index >= 15 is 26.3 Å². The molecule has 0 atom stereocenters. The maximum atomic E-state index is 16.2. The Bertz CT molecular complexity index is 5190. The van der Waals surface area contributed by atoms with Gasteiger partial charge in [0.2, 0.25) is 0 Å². The predicted molar refractivity (Wildman–Crippen MR) is 307 cm³/mol. The molecule has 81 heavy (non-hydrogen) atoms. The first-order valence-electron chi connectivity index (χ1n) is 25.7. The van der Waals surface area contributed by atoms with Gasteiger partial charge >= 0.3 is 21.1 Å². The van der Waals surface area contributed by atoms with Crippen molar-refractivity contribution in [2.75, 3.05) is 0 Å². The molecule has 0 fully saturated rings. The molecule has 11 aromatic carbocycles. The molecule has 5 nitrogen and oxygen atoms in total. The number of benzene rings is 11. The zero-order valence-corrected chi connectivity index (χ0v) is 44.1. The summed E-state index contributed by atoms with van der Waals surface area (Å²) in [6, 6.07) is 56.3. The number of halogens is 6. The number of aromatic nitrogens is 5.